The molecule has 5 nitrogen and oxygen atoms in total. The second-order valence-corrected chi connectivity index (χ2v) is 2.31. The number of aldehydes is 1. The summed E-state index contributed by atoms with van der Waals surface area (Å²) >= 11 is 0. The first kappa shape index (κ1) is 6.78. The summed E-state index contributed by atoms with van der Waals surface area (Å²) in [5.41, 5.74) is 1.22. The Balaban J connectivity index is 2.93. The van der Waals surface area contributed by atoms with Gasteiger partial charge in [-0.25, -0.2) is 0 Å². The van der Waals surface area contributed by atoms with E-state index < -0.39 is 0 Å². The van der Waals surface area contributed by atoms with Crippen molar-refractivity contribution in [3.63, 3.8) is 0 Å². The molecular formula is C7H5N3O2. The molecule has 0 saturated heterocycles. The molecule has 1 N–H and O–H groups in total. The molecule has 0 aliphatic carbocycles. The largest absolute Gasteiger partial charge is 0.410 e. The summed E-state index contributed by atoms with van der Waals surface area (Å²) in [5.74, 6) is 0. The third-order valence-corrected chi connectivity index (χ3v) is 1.61. The molecule has 2 aromatic rings. The van der Waals surface area contributed by atoms with E-state index in [0.29, 0.717) is 27.7 Å². The van der Waals surface area contributed by atoms with Gasteiger partial charge in [-0.05, 0) is 17.3 Å². The van der Waals surface area contributed by atoms with Crippen LogP contribution in [0.2, 0.25) is 0 Å². The van der Waals surface area contributed by atoms with Crippen molar-refractivity contribution in [1.29, 1.82) is 0 Å². The predicted molar refractivity (Wildman–Crippen MR) is 40.1 cm³/mol. The van der Waals surface area contributed by atoms with E-state index in [1.807, 2.05) is 0 Å². The van der Waals surface area contributed by atoms with Crippen molar-refractivity contribution in [2.45, 2.75) is 0 Å². The molecule has 1 heterocycles. The molecule has 0 aliphatic rings. The average molecular weight is 163 g/mol. The van der Waals surface area contributed by atoms with Crippen molar-refractivity contribution < 1.29 is 10.0 Å². The summed E-state index contributed by atoms with van der Waals surface area (Å²) in [6.45, 7) is 0. The molecule has 0 spiro atoms. The van der Waals surface area contributed by atoms with E-state index in [9.17, 15) is 4.79 Å². The highest BCUT2D eigenvalue weighted by molar-refractivity contribution is 5.93. The van der Waals surface area contributed by atoms with E-state index in [-0.39, 0.29) is 0 Å². The summed E-state index contributed by atoms with van der Waals surface area (Å²) in [5, 5.41) is 16.1. The number of hydrogen-bond donors (Lipinski definition) is 1. The molecule has 0 aliphatic heterocycles. The zero-order valence-electron chi connectivity index (χ0n) is 6.01. The van der Waals surface area contributed by atoms with Gasteiger partial charge in [0.05, 0.1) is 0 Å². The molecule has 0 fully saturated rings. The molecule has 1 aromatic carbocycles. The molecule has 0 unspecified atom stereocenters. The minimum atomic E-state index is 0.340. The van der Waals surface area contributed by atoms with Gasteiger partial charge in [0.25, 0.3) is 0 Å². The quantitative estimate of drug-likeness (QED) is 0.490. The summed E-state index contributed by atoms with van der Waals surface area (Å²) in [7, 11) is 0. The molecule has 0 atom stereocenters. The molecule has 0 saturated carbocycles. The number of nitrogens with zero attached hydrogens (tertiary/aromatic N) is 3. The monoisotopic (exact) mass is 163 g/mol. The van der Waals surface area contributed by atoms with Crippen LogP contribution >= 0.6 is 0 Å². The van der Waals surface area contributed by atoms with Gasteiger partial charge in [0, 0.05) is 5.56 Å². The van der Waals surface area contributed by atoms with Crippen LogP contribution in [-0.2, 0) is 0 Å². The molecular weight excluding hydrogens is 158 g/mol. The Labute approximate surface area is 67.2 Å². The molecule has 2 rings (SSSR count). The topological polar surface area (TPSA) is 68.0 Å². The molecule has 0 bridgehead atoms. The first-order valence-corrected chi connectivity index (χ1v) is 3.32. The summed E-state index contributed by atoms with van der Waals surface area (Å²) in [6, 6.07) is 4.94. The first-order chi connectivity index (χ1) is 5.83. The fraction of sp³-hybridized carbons (Fsp3) is 0. The van der Waals surface area contributed by atoms with Crippen molar-refractivity contribution in [3.05, 3.63) is 23.8 Å². The summed E-state index contributed by atoms with van der Waals surface area (Å²) in [4.78, 5) is 11.1. The normalized spacial score (nSPS) is 10.3. The fourth-order valence-electron chi connectivity index (χ4n) is 1.08. The Morgan fingerprint density at radius 1 is 1.50 bits per heavy atom. The van der Waals surface area contributed by atoms with Gasteiger partial charge < -0.3 is 5.21 Å². The van der Waals surface area contributed by atoms with Crippen LogP contribution < -0.4 is 0 Å². The van der Waals surface area contributed by atoms with Crippen LogP contribution in [0.25, 0.3) is 11.0 Å². The predicted octanol–water partition coefficient (Wildman–Crippen LogP) is 0.481. The second kappa shape index (κ2) is 2.30. The SMILES string of the molecule is O=Cc1cccc2nnn(O)c12. The van der Waals surface area contributed by atoms with Gasteiger partial charge in [-0.2, -0.15) is 0 Å². The standard InChI is InChI=1S/C7H5N3O2/c11-4-5-2-1-3-6-7(5)10(12)9-8-6/h1-4,12H. The lowest BCUT2D eigenvalue weighted by atomic mass is 10.2. The van der Waals surface area contributed by atoms with Crippen LogP contribution in [0, 0.1) is 0 Å². The third-order valence-electron chi connectivity index (χ3n) is 1.61. The molecule has 5 heteroatoms. The summed E-state index contributed by atoms with van der Waals surface area (Å²) < 4.78 is 0. The van der Waals surface area contributed by atoms with Gasteiger partial charge in [0.2, 0.25) is 0 Å². The van der Waals surface area contributed by atoms with Crippen molar-refractivity contribution in [3.8, 4) is 0 Å². The van der Waals surface area contributed by atoms with Crippen molar-refractivity contribution >= 4 is 17.3 Å². The lowest BCUT2D eigenvalue weighted by Gasteiger charge is -1.92. The van der Waals surface area contributed by atoms with Crippen molar-refractivity contribution in [2.24, 2.45) is 0 Å². The number of carbonyl (C=O) groups is 1. The van der Waals surface area contributed by atoms with Crippen LogP contribution in [0.15, 0.2) is 18.2 Å². The third kappa shape index (κ3) is 0.763. The molecule has 0 radical (unpaired) electrons. The van der Waals surface area contributed by atoms with Crippen molar-refractivity contribution in [1.82, 2.24) is 15.2 Å². The van der Waals surface area contributed by atoms with Crippen LogP contribution in [0.3, 0.4) is 0 Å². The molecule has 12 heavy (non-hydrogen) atoms. The van der Waals surface area contributed by atoms with E-state index in [4.69, 9.17) is 5.21 Å². The number of aromatic nitrogens is 3. The number of benzene rings is 1. The number of rotatable bonds is 1. The van der Waals surface area contributed by atoms with E-state index in [2.05, 4.69) is 10.3 Å². The fourth-order valence-corrected chi connectivity index (χ4v) is 1.08. The van der Waals surface area contributed by atoms with E-state index in [1.54, 1.807) is 18.2 Å². The zero-order chi connectivity index (χ0) is 8.55. The Morgan fingerprint density at radius 2 is 2.33 bits per heavy atom. The molecule has 1 aromatic heterocycles. The Kier molecular flexibility index (Phi) is 1.30. The number of fused-ring (bicyclic) bond motifs is 1. The highest BCUT2D eigenvalue weighted by Crippen LogP contribution is 2.12. The maximum absolute atomic E-state index is 10.5. The number of carbonyl (C=O) groups excluding carboxylic acids is 1. The lowest BCUT2D eigenvalue weighted by Crippen LogP contribution is -1.94. The number of para-hydroxylation sites is 1. The van der Waals surface area contributed by atoms with E-state index >= 15 is 0 Å². The number of hydrogen-bond acceptors (Lipinski definition) is 4. The average Bonchev–Trinajstić information content (AvgIpc) is 2.48. The Hall–Kier alpha value is -1.91. The molecule has 0 amide bonds. The Morgan fingerprint density at radius 3 is 3.08 bits per heavy atom. The maximum Gasteiger partial charge on any atom is 0.152 e. The maximum atomic E-state index is 10.5. The van der Waals surface area contributed by atoms with Gasteiger partial charge in [-0.3, -0.25) is 4.79 Å². The highest BCUT2D eigenvalue weighted by Gasteiger charge is 2.06. The minimum absolute atomic E-state index is 0.340. The van der Waals surface area contributed by atoms with Crippen LogP contribution in [0.1, 0.15) is 10.4 Å². The first-order valence-electron chi connectivity index (χ1n) is 3.32. The van der Waals surface area contributed by atoms with E-state index in [0.717, 1.165) is 0 Å². The summed E-state index contributed by atoms with van der Waals surface area (Å²) in [6.07, 6.45) is 0.651. The van der Waals surface area contributed by atoms with Gasteiger partial charge in [-0.1, -0.05) is 10.9 Å². The van der Waals surface area contributed by atoms with Gasteiger partial charge >= 0.3 is 0 Å². The minimum Gasteiger partial charge on any atom is -0.410 e. The van der Waals surface area contributed by atoms with Gasteiger partial charge in [-0.15, -0.1) is 5.10 Å². The van der Waals surface area contributed by atoms with Crippen molar-refractivity contribution in [2.75, 3.05) is 0 Å². The lowest BCUT2D eigenvalue weighted by molar-refractivity contribution is 0.111. The van der Waals surface area contributed by atoms with Crippen LogP contribution in [0.5, 0.6) is 0 Å². The second-order valence-electron chi connectivity index (χ2n) is 2.31. The Bertz CT molecular complexity index is 435. The van der Waals surface area contributed by atoms with Crippen LogP contribution in [0.4, 0.5) is 0 Å². The van der Waals surface area contributed by atoms with Gasteiger partial charge in [0.15, 0.2) is 6.29 Å². The van der Waals surface area contributed by atoms with Crippen LogP contribution in [-0.4, -0.2) is 26.7 Å². The zero-order valence-corrected chi connectivity index (χ0v) is 6.01. The van der Waals surface area contributed by atoms with Gasteiger partial charge in [0.1, 0.15) is 11.0 Å². The van der Waals surface area contributed by atoms with E-state index in [1.165, 1.54) is 0 Å². The molecule has 60 valence electrons. The smallest absolute Gasteiger partial charge is 0.152 e. The highest BCUT2D eigenvalue weighted by atomic mass is 16.5.